The Labute approximate surface area is 95.6 Å². The van der Waals surface area contributed by atoms with Crippen LogP contribution in [0.5, 0.6) is 0 Å². The number of carbonyl (C=O) groups excluding carboxylic acids is 1. The Balaban J connectivity index is 2.12. The normalized spacial score (nSPS) is 29.0. The van der Waals surface area contributed by atoms with Crippen molar-refractivity contribution in [3.8, 4) is 0 Å². The monoisotopic (exact) mass is 219 g/mol. The highest BCUT2D eigenvalue weighted by Crippen LogP contribution is 2.39. The molecule has 2 N–H and O–H groups in total. The number of ether oxygens (including phenoxy) is 1. The molecule has 0 aromatic heterocycles. The second-order valence-electron chi connectivity index (χ2n) is 4.50. The molecular formula is C13H17NO2. The van der Waals surface area contributed by atoms with E-state index in [0.29, 0.717) is 18.8 Å². The van der Waals surface area contributed by atoms with E-state index < -0.39 is 5.54 Å². The van der Waals surface area contributed by atoms with Crippen molar-refractivity contribution in [2.75, 3.05) is 7.11 Å². The molecule has 0 spiro atoms. The second kappa shape index (κ2) is 4.26. The van der Waals surface area contributed by atoms with Gasteiger partial charge >= 0.3 is 5.97 Å². The topological polar surface area (TPSA) is 52.3 Å². The van der Waals surface area contributed by atoms with Gasteiger partial charge in [-0.3, -0.25) is 4.79 Å². The Morgan fingerprint density at radius 3 is 2.75 bits per heavy atom. The average molecular weight is 219 g/mol. The molecule has 2 rings (SSSR count). The molecule has 1 aliphatic carbocycles. The molecule has 1 fully saturated rings. The van der Waals surface area contributed by atoms with Crippen LogP contribution >= 0.6 is 0 Å². The lowest BCUT2D eigenvalue weighted by molar-refractivity contribution is -0.146. The first kappa shape index (κ1) is 11.1. The summed E-state index contributed by atoms with van der Waals surface area (Å²) in [4.78, 5) is 11.6. The molecule has 1 aromatic carbocycles. The van der Waals surface area contributed by atoms with Crippen LogP contribution in [-0.2, 0) is 9.53 Å². The fourth-order valence-electron chi connectivity index (χ4n) is 2.47. The van der Waals surface area contributed by atoms with Gasteiger partial charge in [0.05, 0.1) is 7.11 Å². The van der Waals surface area contributed by atoms with E-state index in [1.807, 2.05) is 18.2 Å². The molecule has 1 aromatic rings. The van der Waals surface area contributed by atoms with Crippen molar-refractivity contribution >= 4 is 5.97 Å². The van der Waals surface area contributed by atoms with Gasteiger partial charge < -0.3 is 10.5 Å². The average Bonchev–Trinajstić information content (AvgIpc) is 2.73. The summed E-state index contributed by atoms with van der Waals surface area (Å²) in [6.07, 6.45) is 2.35. The summed E-state index contributed by atoms with van der Waals surface area (Å²) in [5, 5.41) is 0. The van der Waals surface area contributed by atoms with Crippen molar-refractivity contribution in [3.63, 3.8) is 0 Å². The summed E-state index contributed by atoms with van der Waals surface area (Å²) < 4.78 is 4.76. The molecule has 0 saturated heterocycles. The summed E-state index contributed by atoms with van der Waals surface area (Å²) in [6.45, 7) is 0. The van der Waals surface area contributed by atoms with Crippen LogP contribution in [0.25, 0.3) is 0 Å². The van der Waals surface area contributed by atoms with Gasteiger partial charge in [0.25, 0.3) is 0 Å². The van der Waals surface area contributed by atoms with Crippen LogP contribution in [0.1, 0.15) is 30.7 Å². The Morgan fingerprint density at radius 2 is 2.12 bits per heavy atom. The first-order chi connectivity index (χ1) is 7.65. The Morgan fingerprint density at radius 1 is 1.44 bits per heavy atom. The molecule has 3 heteroatoms. The molecule has 1 aliphatic rings. The van der Waals surface area contributed by atoms with E-state index in [1.54, 1.807) is 0 Å². The fourth-order valence-corrected chi connectivity index (χ4v) is 2.47. The standard InChI is InChI=1S/C13H17NO2/c1-16-12(15)13(14)8-7-11(9-13)10-5-3-2-4-6-10/h2-6,11H,7-9,14H2,1H3/t11-,13-/m0/s1. The molecule has 86 valence electrons. The molecule has 0 bridgehead atoms. The SMILES string of the molecule is COC(=O)[C@]1(N)CC[C@H](c2ccccc2)C1. The third kappa shape index (κ3) is 1.95. The molecule has 3 nitrogen and oxygen atoms in total. The molecule has 16 heavy (non-hydrogen) atoms. The zero-order chi connectivity index (χ0) is 11.6. The number of carbonyl (C=O) groups is 1. The number of hydrogen-bond donors (Lipinski definition) is 1. The summed E-state index contributed by atoms with van der Waals surface area (Å²) in [5.74, 6) is 0.0937. The van der Waals surface area contributed by atoms with E-state index in [9.17, 15) is 4.79 Å². The number of hydrogen-bond acceptors (Lipinski definition) is 3. The van der Waals surface area contributed by atoms with Crippen molar-refractivity contribution in [3.05, 3.63) is 35.9 Å². The van der Waals surface area contributed by atoms with Gasteiger partial charge in [-0.1, -0.05) is 30.3 Å². The quantitative estimate of drug-likeness (QED) is 0.772. The Bertz CT molecular complexity index is 377. The van der Waals surface area contributed by atoms with Crippen LogP contribution in [-0.4, -0.2) is 18.6 Å². The number of benzene rings is 1. The minimum absolute atomic E-state index is 0.286. The van der Waals surface area contributed by atoms with Crippen molar-refractivity contribution in [1.82, 2.24) is 0 Å². The van der Waals surface area contributed by atoms with Gasteiger partial charge in [0.1, 0.15) is 5.54 Å². The maximum atomic E-state index is 11.6. The van der Waals surface area contributed by atoms with E-state index in [2.05, 4.69) is 12.1 Å². The molecule has 0 aliphatic heterocycles. The van der Waals surface area contributed by atoms with Gasteiger partial charge in [0, 0.05) is 0 Å². The van der Waals surface area contributed by atoms with Gasteiger partial charge in [-0.2, -0.15) is 0 Å². The Hall–Kier alpha value is -1.35. The Kier molecular flexibility index (Phi) is 2.97. The smallest absolute Gasteiger partial charge is 0.325 e. The van der Waals surface area contributed by atoms with Crippen LogP contribution in [0, 0.1) is 0 Å². The molecule has 0 amide bonds. The predicted molar refractivity (Wildman–Crippen MR) is 62.0 cm³/mol. The minimum atomic E-state index is -0.782. The van der Waals surface area contributed by atoms with Crippen LogP contribution in [0.2, 0.25) is 0 Å². The van der Waals surface area contributed by atoms with Crippen LogP contribution in [0.4, 0.5) is 0 Å². The largest absolute Gasteiger partial charge is 0.468 e. The van der Waals surface area contributed by atoms with Gasteiger partial charge in [-0.05, 0) is 30.7 Å². The van der Waals surface area contributed by atoms with E-state index >= 15 is 0 Å². The number of nitrogens with two attached hydrogens (primary N) is 1. The van der Waals surface area contributed by atoms with Gasteiger partial charge in [0.15, 0.2) is 0 Å². The zero-order valence-electron chi connectivity index (χ0n) is 9.48. The highest BCUT2D eigenvalue weighted by atomic mass is 16.5. The van der Waals surface area contributed by atoms with E-state index in [0.717, 1.165) is 6.42 Å². The number of methoxy groups -OCH3 is 1. The molecule has 0 radical (unpaired) electrons. The van der Waals surface area contributed by atoms with Crippen LogP contribution in [0.3, 0.4) is 0 Å². The van der Waals surface area contributed by atoms with E-state index in [-0.39, 0.29) is 5.97 Å². The number of esters is 1. The maximum Gasteiger partial charge on any atom is 0.325 e. The minimum Gasteiger partial charge on any atom is -0.468 e. The summed E-state index contributed by atoms with van der Waals surface area (Å²) in [5.41, 5.74) is 6.55. The highest BCUT2D eigenvalue weighted by Gasteiger charge is 2.43. The summed E-state index contributed by atoms with van der Waals surface area (Å²) in [6, 6.07) is 10.2. The number of rotatable bonds is 2. The lowest BCUT2D eigenvalue weighted by Crippen LogP contribution is -2.46. The van der Waals surface area contributed by atoms with Gasteiger partial charge in [-0.15, -0.1) is 0 Å². The third-order valence-corrected chi connectivity index (χ3v) is 3.41. The van der Waals surface area contributed by atoms with Crippen molar-refractivity contribution in [1.29, 1.82) is 0 Å². The van der Waals surface area contributed by atoms with Crippen molar-refractivity contribution < 1.29 is 9.53 Å². The molecular weight excluding hydrogens is 202 g/mol. The van der Waals surface area contributed by atoms with Crippen LogP contribution < -0.4 is 5.73 Å². The van der Waals surface area contributed by atoms with E-state index in [4.69, 9.17) is 10.5 Å². The lowest BCUT2D eigenvalue weighted by atomic mass is 9.93. The zero-order valence-corrected chi connectivity index (χ0v) is 9.48. The third-order valence-electron chi connectivity index (χ3n) is 3.41. The summed E-state index contributed by atoms with van der Waals surface area (Å²) >= 11 is 0. The molecule has 2 atom stereocenters. The predicted octanol–water partition coefficient (Wildman–Crippen LogP) is 1.82. The molecule has 0 heterocycles. The molecule has 0 unspecified atom stereocenters. The van der Waals surface area contributed by atoms with Crippen LogP contribution in [0.15, 0.2) is 30.3 Å². The fraction of sp³-hybridized carbons (Fsp3) is 0.462. The highest BCUT2D eigenvalue weighted by molar-refractivity contribution is 5.81. The lowest BCUT2D eigenvalue weighted by Gasteiger charge is -2.20. The van der Waals surface area contributed by atoms with Gasteiger partial charge in [-0.25, -0.2) is 0 Å². The summed E-state index contributed by atoms with van der Waals surface area (Å²) in [7, 11) is 1.40. The van der Waals surface area contributed by atoms with E-state index in [1.165, 1.54) is 12.7 Å². The van der Waals surface area contributed by atoms with Crippen molar-refractivity contribution in [2.24, 2.45) is 5.73 Å². The molecule has 1 saturated carbocycles. The first-order valence-corrected chi connectivity index (χ1v) is 5.58. The van der Waals surface area contributed by atoms with Gasteiger partial charge in [0.2, 0.25) is 0 Å². The van der Waals surface area contributed by atoms with Crippen molar-refractivity contribution in [2.45, 2.75) is 30.7 Å². The first-order valence-electron chi connectivity index (χ1n) is 5.58. The second-order valence-corrected chi connectivity index (χ2v) is 4.50. The maximum absolute atomic E-state index is 11.6.